The fourth-order valence-electron chi connectivity index (χ4n) is 3.31. The third kappa shape index (κ3) is 3.73. The van der Waals surface area contributed by atoms with Gasteiger partial charge in [0.05, 0.1) is 17.3 Å². The Balaban J connectivity index is 1.45. The number of benzene rings is 2. The molecule has 0 aliphatic carbocycles. The summed E-state index contributed by atoms with van der Waals surface area (Å²) < 4.78 is 0. The summed E-state index contributed by atoms with van der Waals surface area (Å²) in [4.78, 5) is 12.5. The third-order valence-corrected chi connectivity index (χ3v) is 4.81. The van der Waals surface area contributed by atoms with Gasteiger partial charge in [-0.1, -0.05) is 24.3 Å². The third-order valence-electron chi connectivity index (χ3n) is 4.81. The number of hydrogen-bond donors (Lipinski definition) is 3. The van der Waals surface area contributed by atoms with Gasteiger partial charge in [0.15, 0.2) is 0 Å². The van der Waals surface area contributed by atoms with Crippen molar-refractivity contribution < 1.29 is 4.79 Å². The maximum Gasteiger partial charge on any atom is 0.273 e. The number of nitrogens with zero attached hydrogens (tertiary/aromatic N) is 2. The zero-order valence-corrected chi connectivity index (χ0v) is 14.7. The minimum Gasteiger partial charge on any atom is -0.321 e. The molecule has 4 rings (SSSR count). The van der Waals surface area contributed by atoms with E-state index >= 15 is 0 Å². The van der Waals surface area contributed by atoms with Gasteiger partial charge in [0, 0.05) is 17.8 Å². The summed E-state index contributed by atoms with van der Waals surface area (Å²) in [6.07, 6.45) is 1.15. The maximum atomic E-state index is 12.5. The van der Waals surface area contributed by atoms with Crippen molar-refractivity contribution >= 4 is 11.6 Å². The van der Waals surface area contributed by atoms with Gasteiger partial charge in [-0.3, -0.25) is 9.89 Å². The van der Waals surface area contributed by atoms with Gasteiger partial charge in [-0.25, -0.2) is 0 Å². The van der Waals surface area contributed by atoms with E-state index < -0.39 is 0 Å². The van der Waals surface area contributed by atoms with Gasteiger partial charge < -0.3 is 10.6 Å². The molecule has 1 aliphatic heterocycles. The van der Waals surface area contributed by atoms with E-state index in [2.05, 4.69) is 39.0 Å². The van der Waals surface area contributed by atoms with Crippen molar-refractivity contribution in [2.45, 2.75) is 12.3 Å². The summed E-state index contributed by atoms with van der Waals surface area (Å²) in [7, 11) is 0. The van der Waals surface area contributed by atoms with E-state index in [1.807, 2.05) is 18.2 Å². The highest BCUT2D eigenvalue weighted by molar-refractivity contribution is 6.03. The SMILES string of the molecule is N#Cc1cccc(-c2cc(C(=O)Nc3ccc(C4CCNC4)cc3)[nH]n2)c1. The number of nitrogens with one attached hydrogen (secondary N) is 3. The molecule has 0 saturated carbocycles. The van der Waals surface area contributed by atoms with Crippen LogP contribution in [0.2, 0.25) is 0 Å². The van der Waals surface area contributed by atoms with Crippen molar-refractivity contribution in [2.24, 2.45) is 0 Å². The van der Waals surface area contributed by atoms with E-state index in [0.29, 0.717) is 22.9 Å². The van der Waals surface area contributed by atoms with E-state index in [0.717, 1.165) is 30.8 Å². The molecule has 1 saturated heterocycles. The lowest BCUT2D eigenvalue weighted by atomic mass is 9.98. The normalized spacial score (nSPS) is 16.0. The Morgan fingerprint density at radius 3 is 2.78 bits per heavy atom. The maximum absolute atomic E-state index is 12.5. The largest absolute Gasteiger partial charge is 0.321 e. The van der Waals surface area contributed by atoms with Crippen molar-refractivity contribution in [2.75, 3.05) is 18.4 Å². The number of rotatable bonds is 4. The van der Waals surface area contributed by atoms with Crippen molar-refractivity contribution in [3.05, 3.63) is 71.4 Å². The number of carbonyl (C=O) groups is 1. The van der Waals surface area contributed by atoms with Crippen LogP contribution in [0.25, 0.3) is 11.3 Å². The molecule has 2 heterocycles. The van der Waals surface area contributed by atoms with Crippen LogP contribution in [0, 0.1) is 11.3 Å². The highest BCUT2D eigenvalue weighted by Gasteiger charge is 2.16. The highest BCUT2D eigenvalue weighted by Crippen LogP contribution is 2.24. The zero-order chi connectivity index (χ0) is 18.6. The molecule has 0 bridgehead atoms. The minimum atomic E-state index is -0.250. The van der Waals surface area contributed by atoms with Crippen LogP contribution in [0.1, 0.15) is 34.0 Å². The van der Waals surface area contributed by atoms with Gasteiger partial charge in [0.2, 0.25) is 0 Å². The minimum absolute atomic E-state index is 0.250. The number of anilines is 1. The smallest absolute Gasteiger partial charge is 0.273 e. The standard InChI is InChI=1S/C21H19N5O/c22-12-14-2-1-3-16(10-14)19-11-20(26-25-19)21(27)24-18-6-4-15(5-7-18)17-8-9-23-13-17/h1-7,10-11,17,23H,8-9,13H2,(H,24,27)(H,25,26). The lowest BCUT2D eigenvalue weighted by Gasteiger charge is -2.10. The zero-order valence-electron chi connectivity index (χ0n) is 14.7. The molecular formula is C21H19N5O. The van der Waals surface area contributed by atoms with Crippen molar-refractivity contribution in [3.63, 3.8) is 0 Å². The Hall–Kier alpha value is -3.43. The van der Waals surface area contributed by atoms with E-state index in [-0.39, 0.29) is 5.91 Å². The van der Waals surface area contributed by atoms with Crippen LogP contribution in [-0.2, 0) is 0 Å². The monoisotopic (exact) mass is 357 g/mol. The summed E-state index contributed by atoms with van der Waals surface area (Å²) in [5.41, 5.74) is 4.38. The first-order chi connectivity index (χ1) is 13.2. The predicted octanol–water partition coefficient (Wildman–Crippen LogP) is 3.28. The Labute approximate surface area is 157 Å². The number of H-pyrrole nitrogens is 1. The molecule has 1 unspecified atom stereocenters. The number of nitriles is 1. The lowest BCUT2D eigenvalue weighted by molar-refractivity contribution is 0.102. The Morgan fingerprint density at radius 2 is 2.04 bits per heavy atom. The van der Waals surface area contributed by atoms with E-state index in [1.165, 1.54) is 5.56 Å². The number of aromatic nitrogens is 2. The summed E-state index contributed by atoms with van der Waals surface area (Å²) in [6, 6.07) is 18.9. The molecule has 6 nitrogen and oxygen atoms in total. The Morgan fingerprint density at radius 1 is 1.19 bits per heavy atom. The molecule has 1 aliphatic rings. The number of aromatic amines is 1. The molecule has 1 fully saturated rings. The summed E-state index contributed by atoms with van der Waals surface area (Å²) in [6.45, 7) is 2.07. The molecule has 134 valence electrons. The first-order valence-electron chi connectivity index (χ1n) is 8.91. The molecule has 1 aromatic heterocycles. The molecular weight excluding hydrogens is 338 g/mol. The fourth-order valence-corrected chi connectivity index (χ4v) is 3.31. The van der Waals surface area contributed by atoms with Crippen LogP contribution in [0.15, 0.2) is 54.6 Å². The molecule has 6 heteroatoms. The second kappa shape index (κ2) is 7.44. The Kier molecular flexibility index (Phi) is 4.69. The average Bonchev–Trinajstić information content (AvgIpc) is 3.41. The van der Waals surface area contributed by atoms with Crippen LogP contribution in [0.3, 0.4) is 0 Å². The quantitative estimate of drug-likeness (QED) is 0.668. The topological polar surface area (TPSA) is 93.6 Å². The first-order valence-corrected chi connectivity index (χ1v) is 8.91. The van der Waals surface area contributed by atoms with E-state index in [1.54, 1.807) is 24.3 Å². The lowest BCUT2D eigenvalue weighted by Crippen LogP contribution is -2.12. The predicted molar refractivity (Wildman–Crippen MR) is 103 cm³/mol. The van der Waals surface area contributed by atoms with Crippen LogP contribution in [0.4, 0.5) is 5.69 Å². The molecule has 1 atom stereocenters. The van der Waals surface area contributed by atoms with Gasteiger partial charge in [-0.15, -0.1) is 0 Å². The second-order valence-electron chi connectivity index (χ2n) is 6.63. The summed E-state index contributed by atoms with van der Waals surface area (Å²) in [5, 5.41) is 22.2. The van der Waals surface area contributed by atoms with Crippen molar-refractivity contribution in [1.82, 2.24) is 15.5 Å². The van der Waals surface area contributed by atoms with Crippen LogP contribution in [0.5, 0.6) is 0 Å². The summed E-state index contributed by atoms with van der Waals surface area (Å²) in [5.74, 6) is 0.301. The average molecular weight is 357 g/mol. The Bertz CT molecular complexity index is 994. The fraction of sp³-hybridized carbons (Fsp3) is 0.190. The van der Waals surface area contributed by atoms with Gasteiger partial charge in [0.25, 0.3) is 5.91 Å². The van der Waals surface area contributed by atoms with Gasteiger partial charge in [-0.2, -0.15) is 10.4 Å². The van der Waals surface area contributed by atoms with Crippen LogP contribution in [-0.4, -0.2) is 29.2 Å². The van der Waals surface area contributed by atoms with E-state index in [4.69, 9.17) is 5.26 Å². The second-order valence-corrected chi connectivity index (χ2v) is 6.63. The molecule has 2 aromatic carbocycles. The molecule has 0 radical (unpaired) electrons. The van der Waals surface area contributed by atoms with Gasteiger partial charge >= 0.3 is 0 Å². The molecule has 3 N–H and O–H groups in total. The van der Waals surface area contributed by atoms with Crippen LogP contribution < -0.4 is 10.6 Å². The number of amides is 1. The van der Waals surface area contributed by atoms with Crippen molar-refractivity contribution in [3.8, 4) is 17.3 Å². The summed E-state index contributed by atoms with van der Waals surface area (Å²) >= 11 is 0. The van der Waals surface area contributed by atoms with Crippen molar-refractivity contribution in [1.29, 1.82) is 5.26 Å². The highest BCUT2D eigenvalue weighted by atomic mass is 16.1. The number of carbonyl (C=O) groups excluding carboxylic acids is 1. The first kappa shape index (κ1) is 17.0. The van der Waals surface area contributed by atoms with E-state index in [9.17, 15) is 4.79 Å². The van der Waals surface area contributed by atoms with Crippen LogP contribution >= 0.6 is 0 Å². The molecule has 3 aromatic rings. The molecule has 1 amide bonds. The molecule has 27 heavy (non-hydrogen) atoms. The van der Waals surface area contributed by atoms with Gasteiger partial charge in [-0.05, 0) is 54.8 Å². The number of hydrogen-bond acceptors (Lipinski definition) is 4. The van der Waals surface area contributed by atoms with Gasteiger partial charge in [0.1, 0.15) is 5.69 Å². The molecule has 0 spiro atoms.